The van der Waals surface area contributed by atoms with E-state index < -0.39 is 52.3 Å². The van der Waals surface area contributed by atoms with Crippen molar-refractivity contribution in [3.05, 3.63) is 71.8 Å². The van der Waals surface area contributed by atoms with Crippen LogP contribution in [-0.2, 0) is 19.1 Å². The first-order valence-electron chi connectivity index (χ1n) is 14.4. The molecule has 1 heterocycles. The summed E-state index contributed by atoms with van der Waals surface area (Å²) in [5.41, 5.74) is -0.00310. The molecule has 10 heteroatoms. The number of benzene rings is 2. The van der Waals surface area contributed by atoms with Gasteiger partial charge < -0.3 is 20.1 Å². The summed E-state index contributed by atoms with van der Waals surface area (Å²) >= 11 is 0. The van der Waals surface area contributed by atoms with E-state index in [0.29, 0.717) is 0 Å². The van der Waals surface area contributed by atoms with Crippen molar-refractivity contribution in [2.24, 2.45) is 22.7 Å². The molecule has 226 valence electrons. The summed E-state index contributed by atoms with van der Waals surface area (Å²) in [5.74, 6) is -2.87. The number of hydrogen-bond donors (Lipinski definition) is 2. The molecule has 2 aromatic carbocycles. The fraction of sp³-hybridized carbons (Fsp3) is 0.424. The zero-order chi connectivity index (χ0) is 31.3. The minimum absolute atomic E-state index is 0.0101. The van der Waals surface area contributed by atoms with E-state index in [1.807, 2.05) is 60.7 Å². The maximum Gasteiger partial charge on any atom is 0.407 e. The molecular weight excluding hydrogens is 550 g/mol. The fourth-order valence-electron chi connectivity index (χ4n) is 7.22. The van der Waals surface area contributed by atoms with Gasteiger partial charge >= 0.3 is 12.2 Å². The Kier molecular flexibility index (Phi) is 7.44. The Hall–Kier alpha value is -4.47. The molecule has 2 aromatic rings. The molecule has 2 N–H and O–H groups in total. The molecular formula is C33H37N3O7. The molecule has 2 aliphatic carbocycles. The predicted octanol–water partition coefficient (Wildman–Crippen LogP) is 4.31. The van der Waals surface area contributed by atoms with E-state index in [9.17, 15) is 29.1 Å². The number of nitrogens with zero attached hydrogens (tertiary/aromatic N) is 2. The molecule has 1 saturated heterocycles. The van der Waals surface area contributed by atoms with Gasteiger partial charge in [-0.05, 0) is 56.9 Å². The molecule has 1 saturated carbocycles. The minimum atomic E-state index is -1.25. The molecule has 2 bridgehead atoms. The summed E-state index contributed by atoms with van der Waals surface area (Å²) in [4.78, 5) is 68.4. The van der Waals surface area contributed by atoms with Gasteiger partial charge in [0.1, 0.15) is 5.60 Å². The van der Waals surface area contributed by atoms with E-state index in [1.54, 1.807) is 34.6 Å². The normalized spacial score (nSPS) is 26.2. The van der Waals surface area contributed by atoms with E-state index in [-0.39, 0.29) is 32.0 Å². The molecule has 43 heavy (non-hydrogen) atoms. The van der Waals surface area contributed by atoms with Gasteiger partial charge in [-0.15, -0.1) is 0 Å². The summed E-state index contributed by atoms with van der Waals surface area (Å²) < 4.78 is 5.18. The molecule has 4 amide bonds. The van der Waals surface area contributed by atoms with Crippen molar-refractivity contribution in [1.29, 1.82) is 0 Å². The Morgan fingerprint density at radius 3 is 1.74 bits per heavy atom. The van der Waals surface area contributed by atoms with Crippen molar-refractivity contribution >= 4 is 40.9 Å². The van der Waals surface area contributed by atoms with Crippen LogP contribution < -0.4 is 5.32 Å². The van der Waals surface area contributed by atoms with E-state index in [4.69, 9.17) is 4.74 Å². The van der Waals surface area contributed by atoms with Crippen molar-refractivity contribution in [3.8, 4) is 0 Å². The molecule has 10 nitrogen and oxygen atoms in total. The number of hydrogen-bond acceptors (Lipinski definition) is 6. The van der Waals surface area contributed by atoms with Crippen LogP contribution in [0.1, 0.15) is 45.7 Å². The number of ether oxygens (including phenoxy) is 1. The maximum absolute atomic E-state index is 14.3. The third kappa shape index (κ3) is 4.78. The smallest absolute Gasteiger partial charge is 0.407 e. The van der Waals surface area contributed by atoms with Crippen LogP contribution in [-0.4, -0.2) is 76.5 Å². The fourth-order valence-corrected chi connectivity index (χ4v) is 7.22. The first-order valence-corrected chi connectivity index (χ1v) is 14.4. The number of fused-ring (bicyclic) bond motifs is 5. The second-order valence-electron chi connectivity index (χ2n) is 12.7. The molecule has 0 spiro atoms. The van der Waals surface area contributed by atoms with E-state index in [0.717, 1.165) is 32.1 Å². The van der Waals surface area contributed by atoms with Gasteiger partial charge in [0.15, 0.2) is 5.78 Å². The molecule has 4 atom stereocenters. The summed E-state index contributed by atoms with van der Waals surface area (Å²) in [6, 6.07) is 19.0. The predicted molar refractivity (Wildman–Crippen MR) is 158 cm³/mol. The van der Waals surface area contributed by atoms with Crippen molar-refractivity contribution in [1.82, 2.24) is 15.1 Å². The van der Waals surface area contributed by atoms with Crippen LogP contribution in [0.15, 0.2) is 60.7 Å². The highest BCUT2D eigenvalue weighted by Crippen LogP contribution is 2.73. The number of allylic oxidation sites excluding steroid dienone is 2. The average Bonchev–Trinajstić information content (AvgIpc) is 3.39. The number of Topliss-reactive ketones (excluding diaryl/α,β-unsaturated/α-hetero) is 1. The zero-order valence-electron chi connectivity index (χ0n) is 25.0. The lowest BCUT2D eigenvalue weighted by Gasteiger charge is -2.35. The van der Waals surface area contributed by atoms with Gasteiger partial charge in [0.05, 0.1) is 22.7 Å². The highest BCUT2D eigenvalue weighted by Gasteiger charge is 2.78. The van der Waals surface area contributed by atoms with E-state index in [2.05, 4.69) is 5.32 Å². The Morgan fingerprint density at radius 2 is 1.33 bits per heavy atom. The third-order valence-electron chi connectivity index (χ3n) is 8.91. The zero-order valence-corrected chi connectivity index (χ0v) is 25.0. The van der Waals surface area contributed by atoms with Gasteiger partial charge in [0.25, 0.3) is 0 Å². The van der Waals surface area contributed by atoms with Crippen molar-refractivity contribution in [3.63, 3.8) is 0 Å². The highest BCUT2D eigenvalue weighted by molar-refractivity contribution is 6.29. The van der Waals surface area contributed by atoms with Crippen LogP contribution in [0.2, 0.25) is 0 Å². The van der Waals surface area contributed by atoms with Crippen LogP contribution in [0.5, 0.6) is 0 Å². The number of imide groups is 1. The standard InChI is InChI=1S/C33H37N3O7/c1-31(2,3)43-29(40)34-16-17-35(30(41)42)18-19-36-26(37)24-25(27(36)38)33(5)23(21-14-10-7-11-15-21)22(32(24,4)28(33)39)20-12-8-6-9-13-20/h6-15,24-25H,16-19H2,1-5H3,(H,34,40)(H,41,42). The second kappa shape index (κ2) is 10.7. The largest absolute Gasteiger partial charge is 0.465 e. The van der Waals surface area contributed by atoms with Gasteiger partial charge in [0, 0.05) is 26.2 Å². The van der Waals surface area contributed by atoms with Crippen LogP contribution >= 0.6 is 0 Å². The molecule has 0 aromatic heterocycles. The SMILES string of the molecule is CC(C)(C)OC(=O)NCCN(CCN1C(=O)C2C(C1=O)C1(C)C(=O)C2(C)C(c2ccccc2)=C1c1ccccc1)C(=O)O. The van der Waals surface area contributed by atoms with Gasteiger partial charge in [0.2, 0.25) is 11.8 Å². The Balaban J connectivity index is 1.41. The minimum Gasteiger partial charge on any atom is -0.465 e. The lowest BCUT2D eigenvalue weighted by molar-refractivity contribution is -0.145. The number of likely N-dealkylation sites (tertiary alicyclic amines) is 1. The first kappa shape index (κ1) is 30.0. The van der Waals surface area contributed by atoms with Crippen molar-refractivity contribution < 1.29 is 33.8 Å². The molecule has 2 fully saturated rings. The third-order valence-corrected chi connectivity index (χ3v) is 8.91. The molecule has 0 radical (unpaired) electrons. The van der Waals surface area contributed by atoms with Gasteiger partial charge in [-0.2, -0.15) is 0 Å². The van der Waals surface area contributed by atoms with Crippen molar-refractivity contribution in [2.75, 3.05) is 26.2 Å². The number of carbonyl (C=O) groups is 5. The number of alkyl carbamates (subject to hydrolysis) is 1. The Bertz CT molecular complexity index is 1430. The maximum atomic E-state index is 14.3. The molecule has 3 aliphatic rings. The quantitative estimate of drug-likeness (QED) is 0.440. The molecule has 4 unspecified atom stereocenters. The van der Waals surface area contributed by atoms with Crippen molar-refractivity contribution in [2.45, 2.75) is 40.2 Å². The number of amides is 4. The van der Waals surface area contributed by atoms with Gasteiger partial charge in [-0.3, -0.25) is 19.3 Å². The Labute approximate surface area is 250 Å². The Morgan fingerprint density at radius 1 is 0.860 bits per heavy atom. The van der Waals surface area contributed by atoms with Gasteiger partial charge in [-0.25, -0.2) is 9.59 Å². The summed E-state index contributed by atoms with van der Waals surface area (Å²) in [5, 5.41) is 12.3. The second-order valence-corrected chi connectivity index (χ2v) is 12.7. The number of carbonyl (C=O) groups excluding carboxylic acids is 4. The number of rotatable bonds is 8. The topological polar surface area (TPSA) is 133 Å². The van der Waals surface area contributed by atoms with E-state index >= 15 is 0 Å². The van der Waals surface area contributed by atoms with Gasteiger partial charge in [-0.1, -0.05) is 60.7 Å². The monoisotopic (exact) mass is 587 g/mol. The lowest BCUT2D eigenvalue weighted by Crippen LogP contribution is -2.46. The van der Waals surface area contributed by atoms with Crippen LogP contribution in [0.25, 0.3) is 11.1 Å². The first-order chi connectivity index (χ1) is 20.2. The lowest BCUT2D eigenvalue weighted by atomic mass is 9.63. The number of nitrogens with one attached hydrogen (secondary N) is 1. The van der Waals surface area contributed by atoms with Crippen LogP contribution in [0.3, 0.4) is 0 Å². The average molecular weight is 588 g/mol. The van der Waals surface area contributed by atoms with Crippen LogP contribution in [0, 0.1) is 22.7 Å². The van der Waals surface area contributed by atoms with E-state index in [1.165, 1.54) is 0 Å². The number of carboxylic acid groups (broad SMARTS) is 1. The molecule has 5 rings (SSSR count). The summed E-state index contributed by atoms with van der Waals surface area (Å²) in [6.07, 6.45) is -1.92. The number of ketones is 1. The summed E-state index contributed by atoms with van der Waals surface area (Å²) in [6.45, 7) is 8.33. The summed E-state index contributed by atoms with van der Waals surface area (Å²) in [7, 11) is 0. The van der Waals surface area contributed by atoms with Crippen LogP contribution in [0.4, 0.5) is 9.59 Å². The molecule has 1 aliphatic heterocycles. The highest BCUT2D eigenvalue weighted by atomic mass is 16.6.